The fourth-order valence-electron chi connectivity index (χ4n) is 2.09. The van der Waals surface area contributed by atoms with Crippen molar-refractivity contribution in [2.24, 2.45) is 11.1 Å². The predicted octanol–water partition coefficient (Wildman–Crippen LogP) is 2.36. The smallest absolute Gasteiger partial charge is 0.226 e. The van der Waals surface area contributed by atoms with Crippen molar-refractivity contribution in [2.45, 2.75) is 39.5 Å². The van der Waals surface area contributed by atoms with Crippen molar-refractivity contribution >= 4 is 0 Å². The molecule has 2 aromatic rings. The molecule has 0 amide bonds. The topological polar surface area (TPSA) is 77.8 Å². The Hall–Kier alpha value is -1.75. The van der Waals surface area contributed by atoms with Crippen LogP contribution in [0.2, 0.25) is 0 Å². The molecule has 0 aliphatic rings. The summed E-state index contributed by atoms with van der Waals surface area (Å²) in [6.07, 6.45) is 5.17. The van der Waals surface area contributed by atoms with Crippen molar-refractivity contribution in [3.8, 4) is 0 Å². The largest absolute Gasteiger partial charge is 0.339 e. The van der Waals surface area contributed by atoms with Crippen molar-refractivity contribution in [3.05, 3.63) is 41.8 Å². The van der Waals surface area contributed by atoms with Crippen LogP contribution in [0.25, 0.3) is 0 Å². The van der Waals surface area contributed by atoms with E-state index in [9.17, 15) is 0 Å². The van der Waals surface area contributed by atoms with E-state index < -0.39 is 0 Å². The van der Waals surface area contributed by atoms with Crippen LogP contribution in [0.3, 0.4) is 0 Å². The summed E-state index contributed by atoms with van der Waals surface area (Å²) in [5.41, 5.74) is 6.78. The van der Waals surface area contributed by atoms with E-state index in [4.69, 9.17) is 10.3 Å². The molecule has 2 aromatic heterocycles. The van der Waals surface area contributed by atoms with E-state index >= 15 is 0 Å². The Labute approximate surface area is 119 Å². The van der Waals surface area contributed by atoms with Gasteiger partial charge in [0.25, 0.3) is 0 Å². The third kappa shape index (κ3) is 4.42. The zero-order valence-corrected chi connectivity index (χ0v) is 12.2. The van der Waals surface area contributed by atoms with Gasteiger partial charge in [-0.1, -0.05) is 25.1 Å². The van der Waals surface area contributed by atoms with Crippen LogP contribution < -0.4 is 5.73 Å². The Morgan fingerprint density at radius 3 is 2.80 bits per heavy atom. The van der Waals surface area contributed by atoms with E-state index in [0.717, 1.165) is 25.0 Å². The Morgan fingerprint density at radius 2 is 2.10 bits per heavy atom. The maximum atomic E-state index is 5.62. The molecular weight excluding hydrogens is 252 g/mol. The van der Waals surface area contributed by atoms with Crippen LogP contribution in [-0.4, -0.2) is 21.7 Å². The van der Waals surface area contributed by atoms with Gasteiger partial charge in [0, 0.05) is 18.3 Å². The van der Waals surface area contributed by atoms with Crippen molar-refractivity contribution in [1.82, 2.24) is 15.1 Å². The summed E-state index contributed by atoms with van der Waals surface area (Å²) in [6, 6.07) is 5.81. The van der Waals surface area contributed by atoms with Gasteiger partial charge in [-0.05, 0) is 36.9 Å². The highest BCUT2D eigenvalue weighted by Gasteiger charge is 2.18. The minimum atomic E-state index is 0.213. The highest BCUT2D eigenvalue weighted by molar-refractivity contribution is 5.09. The Bertz CT molecular complexity index is 522. The molecule has 2 heterocycles. The van der Waals surface area contributed by atoms with Crippen LogP contribution in [0, 0.1) is 5.41 Å². The summed E-state index contributed by atoms with van der Waals surface area (Å²) in [5.74, 6) is 1.39. The van der Waals surface area contributed by atoms with Crippen molar-refractivity contribution in [3.63, 3.8) is 0 Å². The van der Waals surface area contributed by atoms with E-state index in [1.807, 2.05) is 18.2 Å². The first-order valence-corrected chi connectivity index (χ1v) is 7.00. The summed E-state index contributed by atoms with van der Waals surface area (Å²) in [4.78, 5) is 8.68. The van der Waals surface area contributed by atoms with Crippen LogP contribution >= 0.6 is 0 Å². The molecular formula is C15H22N4O. The Morgan fingerprint density at radius 1 is 1.25 bits per heavy atom. The molecule has 0 saturated heterocycles. The van der Waals surface area contributed by atoms with Crippen LogP contribution in [0.15, 0.2) is 28.9 Å². The average molecular weight is 274 g/mol. The maximum Gasteiger partial charge on any atom is 0.226 e. The molecule has 0 aliphatic heterocycles. The number of hydrogen-bond acceptors (Lipinski definition) is 5. The summed E-state index contributed by atoms with van der Waals surface area (Å²) < 4.78 is 5.29. The summed E-state index contributed by atoms with van der Waals surface area (Å²) in [7, 11) is 0. The molecule has 0 saturated carbocycles. The number of pyridine rings is 1. The van der Waals surface area contributed by atoms with Crippen LogP contribution in [0.4, 0.5) is 0 Å². The quantitative estimate of drug-likeness (QED) is 0.838. The molecule has 0 unspecified atom stereocenters. The lowest BCUT2D eigenvalue weighted by Gasteiger charge is -2.22. The maximum absolute atomic E-state index is 5.62. The summed E-state index contributed by atoms with van der Waals surface area (Å²) in [5, 5.41) is 4.01. The molecule has 0 bridgehead atoms. The zero-order valence-electron chi connectivity index (χ0n) is 12.2. The molecule has 108 valence electrons. The van der Waals surface area contributed by atoms with Crippen molar-refractivity contribution in [1.29, 1.82) is 0 Å². The van der Waals surface area contributed by atoms with Crippen LogP contribution in [-0.2, 0) is 12.8 Å². The second-order valence-electron chi connectivity index (χ2n) is 5.81. The van der Waals surface area contributed by atoms with E-state index in [-0.39, 0.29) is 5.41 Å². The van der Waals surface area contributed by atoms with E-state index in [1.165, 1.54) is 0 Å². The fourth-order valence-corrected chi connectivity index (χ4v) is 2.09. The van der Waals surface area contributed by atoms with Gasteiger partial charge in [0.05, 0.1) is 6.42 Å². The van der Waals surface area contributed by atoms with Gasteiger partial charge in [-0.15, -0.1) is 0 Å². The Balaban J connectivity index is 1.89. The van der Waals surface area contributed by atoms with Gasteiger partial charge in [0.15, 0.2) is 5.82 Å². The van der Waals surface area contributed by atoms with Crippen LogP contribution in [0.5, 0.6) is 0 Å². The third-order valence-corrected chi connectivity index (χ3v) is 3.41. The first-order chi connectivity index (χ1) is 9.59. The van der Waals surface area contributed by atoms with Crippen molar-refractivity contribution in [2.75, 3.05) is 6.54 Å². The summed E-state index contributed by atoms with van der Waals surface area (Å²) >= 11 is 0. The first-order valence-electron chi connectivity index (χ1n) is 7.00. The monoisotopic (exact) mass is 274 g/mol. The molecule has 2 rings (SSSR count). The second-order valence-corrected chi connectivity index (χ2v) is 5.81. The van der Waals surface area contributed by atoms with Gasteiger partial charge in [-0.25, -0.2) is 0 Å². The lowest BCUT2D eigenvalue weighted by molar-refractivity contribution is 0.289. The molecule has 0 fully saturated rings. The normalized spacial score (nSPS) is 11.8. The molecule has 0 aromatic carbocycles. The lowest BCUT2D eigenvalue weighted by atomic mass is 9.84. The minimum Gasteiger partial charge on any atom is -0.339 e. The number of rotatable bonds is 7. The highest BCUT2D eigenvalue weighted by atomic mass is 16.5. The average Bonchev–Trinajstić information content (AvgIpc) is 2.85. The highest BCUT2D eigenvalue weighted by Crippen LogP contribution is 2.25. The van der Waals surface area contributed by atoms with Crippen LogP contribution in [0.1, 0.15) is 44.1 Å². The molecule has 0 spiro atoms. The van der Waals surface area contributed by atoms with Crippen molar-refractivity contribution < 1.29 is 4.52 Å². The number of nitrogens with two attached hydrogens (primary N) is 1. The molecule has 5 nitrogen and oxygen atoms in total. The predicted molar refractivity (Wildman–Crippen MR) is 77.1 cm³/mol. The second kappa shape index (κ2) is 6.61. The zero-order chi connectivity index (χ0) is 14.4. The molecule has 0 aliphatic carbocycles. The fraction of sp³-hybridized carbons (Fsp3) is 0.533. The SMILES string of the molecule is CC(C)(CCN)CCc1nc(Cc2ccccn2)no1. The third-order valence-electron chi connectivity index (χ3n) is 3.41. The standard InChI is InChI=1S/C15H22N4O/c1-15(2,8-9-16)7-6-14-18-13(19-20-14)11-12-5-3-4-10-17-12/h3-5,10H,6-9,11,16H2,1-2H3. The number of aromatic nitrogens is 3. The van der Waals surface area contributed by atoms with Gasteiger partial charge < -0.3 is 10.3 Å². The Kier molecular flexibility index (Phi) is 4.84. The van der Waals surface area contributed by atoms with Gasteiger partial charge >= 0.3 is 0 Å². The van der Waals surface area contributed by atoms with Gasteiger partial charge in [0.2, 0.25) is 5.89 Å². The van der Waals surface area contributed by atoms with Gasteiger partial charge in [-0.3, -0.25) is 4.98 Å². The van der Waals surface area contributed by atoms with Gasteiger partial charge in [-0.2, -0.15) is 4.98 Å². The number of nitrogens with zero attached hydrogens (tertiary/aromatic N) is 3. The number of aryl methyl sites for hydroxylation is 1. The minimum absolute atomic E-state index is 0.213. The lowest BCUT2D eigenvalue weighted by Crippen LogP contribution is -2.17. The van der Waals surface area contributed by atoms with E-state index in [0.29, 0.717) is 24.7 Å². The molecule has 0 radical (unpaired) electrons. The molecule has 5 heteroatoms. The summed E-state index contributed by atoms with van der Waals surface area (Å²) in [6.45, 7) is 5.14. The van der Waals surface area contributed by atoms with E-state index in [1.54, 1.807) is 6.20 Å². The molecule has 0 atom stereocenters. The van der Waals surface area contributed by atoms with Gasteiger partial charge in [0.1, 0.15) is 0 Å². The molecule has 20 heavy (non-hydrogen) atoms. The first kappa shape index (κ1) is 14.7. The number of hydrogen-bond donors (Lipinski definition) is 1. The van der Waals surface area contributed by atoms with E-state index in [2.05, 4.69) is 29.0 Å². The molecule has 2 N–H and O–H groups in total.